The summed E-state index contributed by atoms with van der Waals surface area (Å²) < 4.78 is 12.2. The van der Waals surface area contributed by atoms with Crippen LogP contribution in [0.3, 0.4) is 0 Å². The van der Waals surface area contributed by atoms with E-state index in [1.165, 1.54) is 11.8 Å². The van der Waals surface area contributed by atoms with Crippen molar-refractivity contribution in [2.45, 2.75) is 23.9 Å². The Bertz CT molecular complexity index is 615. The SMILES string of the molecule is COc1cccc(COC(=O)[C@H](C)Sc2nncn2C)c1. The van der Waals surface area contributed by atoms with Crippen LogP contribution < -0.4 is 4.74 Å². The first kappa shape index (κ1) is 15.4. The normalized spacial score (nSPS) is 12.0. The molecule has 0 saturated heterocycles. The van der Waals surface area contributed by atoms with Gasteiger partial charge in [0.05, 0.1) is 7.11 Å². The van der Waals surface area contributed by atoms with Crippen molar-refractivity contribution in [1.29, 1.82) is 0 Å². The van der Waals surface area contributed by atoms with E-state index in [0.717, 1.165) is 11.3 Å². The van der Waals surface area contributed by atoms with E-state index in [9.17, 15) is 4.79 Å². The lowest BCUT2D eigenvalue weighted by Crippen LogP contribution is -2.17. The second-order valence-corrected chi connectivity index (χ2v) is 5.75. The molecule has 2 aromatic rings. The molecule has 0 unspecified atom stereocenters. The third-order valence-electron chi connectivity index (χ3n) is 2.80. The van der Waals surface area contributed by atoms with Gasteiger partial charge >= 0.3 is 5.97 Å². The molecule has 112 valence electrons. The van der Waals surface area contributed by atoms with E-state index in [1.807, 2.05) is 31.3 Å². The van der Waals surface area contributed by atoms with Crippen molar-refractivity contribution in [1.82, 2.24) is 14.8 Å². The van der Waals surface area contributed by atoms with Gasteiger partial charge in [-0.05, 0) is 24.6 Å². The molecular formula is C14H17N3O3S. The zero-order chi connectivity index (χ0) is 15.2. The fourth-order valence-electron chi connectivity index (χ4n) is 1.62. The van der Waals surface area contributed by atoms with E-state index in [0.29, 0.717) is 5.16 Å². The summed E-state index contributed by atoms with van der Waals surface area (Å²) in [6.45, 7) is 2.01. The number of benzene rings is 1. The highest BCUT2D eigenvalue weighted by molar-refractivity contribution is 8.00. The van der Waals surface area contributed by atoms with Crippen LogP contribution in [0.2, 0.25) is 0 Å². The molecule has 0 fully saturated rings. The second kappa shape index (κ2) is 7.12. The van der Waals surface area contributed by atoms with Gasteiger partial charge in [-0.25, -0.2) is 0 Å². The molecule has 7 heteroatoms. The molecule has 6 nitrogen and oxygen atoms in total. The lowest BCUT2D eigenvalue weighted by molar-refractivity contribution is -0.143. The van der Waals surface area contributed by atoms with Crippen LogP contribution in [-0.4, -0.2) is 33.1 Å². The number of aryl methyl sites for hydroxylation is 1. The molecular weight excluding hydrogens is 290 g/mol. The van der Waals surface area contributed by atoms with E-state index >= 15 is 0 Å². The Morgan fingerprint density at radius 1 is 1.48 bits per heavy atom. The van der Waals surface area contributed by atoms with E-state index < -0.39 is 0 Å². The zero-order valence-electron chi connectivity index (χ0n) is 12.1. The predicted octanol–water partition coefficient (Wildman–Crippen LogP) is 2.05. The minimum atomic E-state index is -0.349. The van der Waals surface area contributed by atoms with E-state index in [2.05, 4.69) is 10.2 Å². The number of aromatic nitrogens is 3. The van der Waals surface area contributed by atoms with Crippen molar-refractivity contribution in [3.8, 4) is 5.75 Å². The van der Waals surface area contributed by atoms with E-state index in [4.69, 9.17) is 9.47 Å². The van der Waals surface area contributed by atoms with Crippen molar-refractivity contribution < 1.29 is 14.3 Å². The number of nitrogens with zero attached hydrogens (tertiary/aromatic N) is 3. The van der Waals surface area contributed by atoms with Gasteiger partial charge in [-0.3, -0.25) is 4.79 Å². The molecule has 0 bridgehead atoms. The van der Waals surface area contributed by atoms with Gasteiger partial charge in [0.15, 0.2) is 5.16 Å². The van der Waals surface area contributed by atoms with Gasteiger partial charge in [-0.15, -0.1) is 10.2 Å². The first-order valence-corrected chi connectivity index (χ1v) is 7.28. The standard InChI is InChI=1S/C14H17N3O3S/c1-10(21-14-16-15-9-17(14)2)13(18)20-8-11-5-4-6-12(7-11)19-3/h4-7,9-10H,8H2,1-3H3/t10-/m0/s1. The van der Waals surface area contributed by atoms with Crippen LogP contribution in [0.5, 0.6) is 5.75 Å². The third-order valence-corrected chi connectivity index (χ3v) is 3.93. The number of thioether (sulfide) groups is 1. The van der Waals surface area contributed by atoms with E-state index in [-0.39, 0.29) is 17.8 Å². The molecule has 2 rings (SSSR count). The van der Waals surface area contributed by atoms with Gasteiger partial charge in [0.25, 0.3) is 0 Å². The van der Waals surface area contributed by atoms with Crippen molar-refractivity contribution in [2.75, 3.05) is 7.11 Å². The molecule has 0 amide bonds. The maximum absolute atomic E-state index is 12.0. The van der Waals surface area contributed by atoms with Crippen LogP contribution in [0.1, 0.15) is 12.5 Å². The summed E-state index contributed by atoms with van der Waals surface area (Å²) in [5.41, 5.74) is 0.888. The third kappa shape index (κ3) is 4.22. The Morgan fingerprint density at radius 3 is 2.95 bits per heavy atom. The number of hydrogen-bond donors (Lipinski definition) is 0. The van der Waals surface area contributed by atoms with Crippen molar-refractivity contribution >= 4 is 17.7 Å². The molecule has 0 spiro atoms. The van der Waals surface area contributed by atoms with Crippen LogP contribution in [0.25, 0.3) is 0 Å². The monoisotopic (exact) mass is 307 g/mol. The van der Waals surface area contributed by atoms with Gasteiger partial charge < -0.3 is 14.0 Å². The molecule has 21 heavy (non-hydrogen) atoms. The highest BCUT2D eigenvalue weighted by atomic mass is 32.2. The zero-order valence-corrected chi connectivity index (χ0v) is 13.0. The van der Waals surface area contributed by atoms with Crippen molar-refractivity contribution in [3.05, 3.63) is 36.2 Å². The molecule has 1 atom stereocenters. The van der Waals surface area contributed by atoms with Crippen LogP contribution >= 0.6 is 11.8 Å². The molecule has 0 radical (unpaired) electrons. The average molecular weight is 307 g/mol. The number of hydrogen-bond acceptors (Lipinski definition) is 6. The highest BCUT2D eigenvalue weighted by Gasteiger charge is 2.18. The number of rotatable bonds is 6. The van der Waals surface area contributed by atoms with Crippen LogP contribution in [-0.2, 0) is 23.2 Å². The molecule has 0 N–H and O–H groups in total. The summed E-state index contributed by atoms with van der Waals surface area (Å²) in [6.07, 6.45) is 1.59. The number of carbonyl (C=O) groups excluding carboxylic acids is 1. The number of esters is 1. The van der Waals surface area contributed by atoms with Gasteiger partial charge in [0.2, 0.25) is 0 Å². The van der Waals surface area contributed by atoms with Gasteiger partial charge in [-0.2, -0.15) is 0 Å². The van der Waals surface area contributed by atoms with Gasteiger partial charge in [0, 0.05) is 7.05 Å². The molecule has 1 aromatic heterocycles. The molecule has 0 aliphatic carbocycles. The minimum Gasteiger partial charge on any atom is -0.497 e. The smallest absolute Gasteiger partial charge is 0.319 e. The van der Waals surface area contributed by atoms with Crippen LogP contribution in [0.4, 0.5) is 0 Å². The minimum absolute atomic E-state index is 0.222. The summed E-state index contributed by atoms with van der Waals surface area (Å²) in [7, 11) is 3.43. The van der Waals surface area contributed by atoms with Gasteiger partial charge in [0.1, 0.15) is 23.9 Å². The lowest BCUT2D eigenvalue weighted by atomic mass is 10.2. The number of methoxy groups -OCH3 is 1. The van der Waals surface area contributed by atoms with Crippen LogP contribution in [0.15, 0.2) is 35.7 Å². The Morgan fingerprint density at radius 2 is 2.29 bits per heavy atom. The molecule has 1 aromatic carbocycles. The topological polar surface area (TPSA) is 66.2 Å². The maximum atomic E-state index is 12.0. The molecule has 0 aliphatic heterocycles. The fraction of sp³-hybridized carbons (Fsp3) is 0.357. The first-order chi connectivity index (χ1) is 10.1. The van der Waals surface area contributed by atoms with Crippen molar-refractivity contribution in [2.24, 2.45) is 7.05 Å². The lowest BCUT2D eigenvalue weighted by Gasteiger charge is -2.11. The summed E-state index contributed by atoms with van der Waals surface area (Å²) in [5.74, 6) is 0.455. The summed E-state index contributed by atoms with van der Waals surface area (Å²) in [5, 5.41) is 8.04. The number of ether oxygens (including phenoxy) is 2. The predicted molar refractivity (Wildman–Crippen MR) is 79.1 cm³/mol. The Balaban J connectivity index is 1.87. The van der Waals surface area contributed by atoms with Crippen molar-refractivity contribution in [3.63, 3.8) is 0 Å². The Hall–Kier alpha value is -2.02. The summed E-state index contributed by atoms with van der Waals surface area (Å²) >= 11 is 1.32. The Kier molecular flexibility index (Phi) is 5.21. The highest BCUT2D eigenvalue weighted by Crippen LogP contribution is 2.21. The van der Waals surface area contributed by atoms with E-state index in [1.54, 1.807) is 24.9 Å². The molecule has 1 heterocycles. The first-order valence-electron chi connectivity index (χ1n) is 6.40. The largest absolute Gasteiger partial charge is 0.497 e. The quantitative estimate of drug-likeness (QED) is 0.601. The van der Waals surface area contributed by atoms with Crippen LogP contribution in [0, 0.1) is 0 Å². The Labute approximate surface area is 127 Å². The second-order valence-electron chi connectivity index (χ2n) is 4.44. The maximum Gasteiger partial charge on any atom is 0.319 e. The average Bonchev–Trinajstić information content (AvgIpc) is 2.90. The summed E-state index contributed by atoms with van der Waals surface area (Å²) in [4.78, 5) is 12.0. The molecule has 0 saturated carbocycles. The fourth-order valence-corrected chi connectivity index (χ4v) is 2.41. The summed E-state index contributed by atoms with van der Waals surface area (Å²) in [6, 6.07) is 7.43. The molecule has 0 aliphatic rings. The van der Waals surface area contributed by atoms with Gasteiger partial charge in [-0.1, -0.05) is 23.9 Å². The number of carbonyl (C=O) groups is 1.